The number of halogens is 1. The summed E-state index contributed by atoms with van der Waals surface area (Å²) in [7, 11) is -4.19. The Bertz CT molecular complexity index is 124. The monoisotopic (exact) mass is 157 g/mol. The Kier molecular flexibility index (Phi) is 3.28. The van der Waals surface area contributed by atoms with Crippen molar-refractivity contribution in [2.75, 3.05) is 12.7 Å². The Morgan fingerprint density at radius 2 is 2.11 bits per heavy atom. The highest BCUT2D eigenvalue weighted by molar-refractivity contribution is 7.51. The van der Waals surface area contributed by atoms with E-state index < -0.39 is 19.9 Å². The second kappa shape index (κ2) is 3.27. The van der Waals surface area contributed by atoms with Gasteiger partial charge in [0.1, 0.15) is 6.17 Å². The fourth-order valence-electron chi connectivity index (χ4n) is 0.333. The van der Waals surface area contributed by atoms with E-state index in [0.717, 1.165) is 0 Å². The zero-order valence-electron chi connectivity index (χ0n) is 4.70. The summed E-state index contributed by atoms with van der Waals surface area (Å²) in [6, 6.07) is 0. The van der Waals surface area contributed by atoms with Crippen LogP contribution in [0, 0.1) is 0 Å². The van der Waals surface area contributed by atoms with Crippen molar-refractivity contribution >= 4 is 7.60 Å². The Labute approximate surface area is 52.0 Å². The molecule has 0 amide bonds. The summed E-state index contributed by atoms with van der Waals surface area (Å²) in [6.45, 7) is -0.342. The van der Waals surface area contributed by atoms with Gasteiger partial charge in [-0.3, -0.25) is 4.57 Å². The van der Waals surface area contributed by atoms with Gasteiger partial charge in [-0.15, -0.1) is 0 Å². The van der Waals surface area contributed by atoms with E-state index in [2.05, 4.69) is 0 Å². The molecular weight excluding hydrogens is 148 g/mol. The van der Waals surface area contributed by atoms with Crippen molar-refractivity contribution in [1.82, 2.24) is 0 Å². The lowest BCUT2D eigenvalue weighted by Gasteiger charge is -2.05. The van der Waals surface area contributed by atoms with Crippen molar-refractivity contribution < 1.29 is 18.7 Å². The molecule has 0 aromatic carbocycles. The van der Waals surface area contributed by atoms with Gasteiger partial charge in [0.05, 0.1) is 6.16 Å². The van der Waals surface area contributed by atoms with Crippen LogP contribution in [0.4, 0.5) is 4.39 Å². The van der Waals surface area contributed by atoms with Crippen LogP contribution >= 0.6 is 7.60 Å². The van der Waals surface area contributed by atoms with Gasteiger partial charge in [-0.2, -0.15) is 0 Å². The molecule has 0 aliphatic heterocycles. The van der Waals surface area contributed by atoms with E-state index in [1.165, 1.54) is 0 Å². The molecule has 0 bridgehead atoms. The van der Waals surface area contributed by atoms with Gasteiger partial charge in [0.2, 0.25) is 0 Å². The highest BCUT2D eigenvalue weighted by Gasteiger charge is 2.19. The van der Waals surface area contributed by atoms with Crippen LogP contribution in [-0.2, 0) is 4.57 Å². The lowest BCUT2D eigenvalue weighted by Crippen LogP contribution is -2.18. The number of hydrogen-bond acceptors (Lipinski definition) is 2. The Hall–Kier alpha value is 0.0400. The van der Waals surface area contributed by atoms with Crippen molar-refractivity contribution in [1.29, 1.82) is 0 Å². The molecule has 0 radical (unpaired) electrons. The van der Waals surface area contributed by atoms with Crippen LogP contribution in [0.5, 0.6) is 0 Å². The maximum Gasteiger partial charge on any atom is 0.328 e. The molecule has 0 aromatic heterocycles. The lowest BCUT2D eigenvalue weighted by atomic mass is 10.5. The van der Waals surface area contributed by atoms with Gasteiger partial charge in [0.15, 0.2) is 0 Å². The van der Waals surface area contributed by atoms with E-state index in [1.54, 1.807) is 0 Å². The van der Waals surface area contributed by atoms with Crippen LogP contribution in [0.3, 0.4) is 0 Å². The summed E-state index contributed by atoms with van der Waals surface area (Å²) < 4.78 is 22.0. The lowest BCUT2D eigenvalue weighted by molar-refractivity contribution is 0.324. The maximum atomic E-state index is 12.0. The van der Waals surface area contributed by atoms with Crippen molar-refractivity contribution in [3.8, 4) is 0 Å². The molecule has 0 aromatic rings. The third-order valence-corrected chi connectivity index (χ3v) is 1.56. The summed E-state index contributed by atoms with van der Waals surface area (Å²) in [5.41, 5.74) is 4.76. The van der Waals surface area contributed by atoms with Gasteiger partial charge < -0.3 is 15.5 Å². The first-order chi connectivity index (χ1) is 3.95. The van der Waals surface area contributed by atoms with Gasteiger partial charge in [-0.25, -0.2) is 4.39 Å². The Morgan fingerprint density at radius 3 is 2.22 bits per heavy atom. The Balaban J connectivity index is 3.60. The van der Waals surface area contributed by atoms with E-state index in [-0.39, 0.29) is 6.54 Å². The van der Waals surface area contributed by atoms with Crippen molar-refractivity contribution in [2.24, 2.45) is 5.73 Å². The third-order valence-electron chi connectivity index (χ3n) is 0.692. The van der Waals surface area contributed by atoms with Crippen LogP contribution < -0.4 is 5.73 Å². The molecule has 0 heterocycles. The van der Waals surface area contributed by atoms with Gasteiger partial charge in [0.25, 0.3) is 0 Å². The molecule has 0 aliphatic carbocycles. The topological polar surface area (TPSA) is 83.6 Å². The van der Waals surface area contributed by atoms with Crippen molar-refractivity contribution in [3.63, 3.8) is 0 Å². The van der Waals surface area contributed by atoms with E-state index in [9.17, 15) is 8.96 Å². The van der Waals surface area contributed by atoms with E-state index in [4.69, 9.17) is 15.5 Å². The van der Waals surface area contributed by atoms with Crippen molar-refractivity contribution in [2.45, 2.75) is 6.17 Å². The number of hydrogen-bond donors (Lipinski definition) is 3. The quantitative estimate of drug-likeness (QED) is 0.480. The van der Waals surface area contributed by atoms with Crippen molar-refractivity contribution in [3.05, 3.63) is 0 Å². The summed E-state index contributed by atoms with van der Waals surface area (Å²) >= 11 is 0. The third kappa shape index (κ3) is 5.92. The average Bonchev–Trinajstić information content (AvgIpc) is 1.62. The predicted octanol–water partition coefficient (Wildman–Crippen LogP) is -0.539. The van der Waals surface area contributed by atoms with E-state index in [0.29, 0.717) is 0 Å². The average molecular weight is 157 g/mol. The molecule has 0 saturated carbocycles. The summed E-state index contributed by atoms with van der Waals surface area (Å²) in [6.07, 6.45) is -2.37. The molecule has 0 unspecified atom stereocenters. The standard InChI is InChI=1S/C3H9FNO3P/c4-3(1-5)2-9(6,7)8/h3H,1-2,5H2,(H2,6,7,8)/t3-/m1/s1. The zero-order valence-corrected chi connectivity index (χ0v) is 5.59. The molecule has 0 spiro atoms. The van der Waals surface area contributed by atoms with Gasteiger partial charge in [0, 0.05) is 6.54 Å². The predicted molar refractivity (Wildman–Crippen MR) is 30.9 cm³/mol. The smallest absolute Gasteiger partial charge is 0.328 e. The molecule has 0 rings (SSSR count). The van der Waals surface area contributed by atoms with E-state index in [1.807, 2.05) is 0 Å². The molecule has 0 aliphatic rings. The second-order valence-corrected chi connectivity index (χ2v) is 3.37. The first kappa shape index (κ1) is 9.04. The minimum atomic E-state index is -4.19. The number of nitrogens with two attached hydrogens (primary N) is 1. The molecule has 0 saturated heterocycles. The maximum absolute atomic E-state index is 12.0. The molecule has 6 heteroatoms. The minimum absolute atomic E-state index is 0.342. The summed E-state index contributed by atoms with van der Waals surface area (Å²) in [5.74, 6) is 0. The molecule has 1 atom stereocenters. The van der Waals surface area contributed by atoms with Crippen LogP contribution in [-0.4, -0.2) is 28.7 Å². The van der Waals surface area contributed by atoms with Gasteiger partial charge >= 0.3 is 7.60 Å². The van der Waals surface area contributed by atoms with Crippen LogP contribution in [0.25, 0.3) is 0 Å². The van der Waals surface area contributed by atoms with Crippen LogP contribution in [0.2, 0.25) is 0 Å². The SMILES string of the molecule is NC[C@@H](F)CP(=O)(O)O. The van der Waals surface area contributed by atoms with Gasteiger partial charge in [-0.05, 0) is 0 Å². The summed E-state index contributed by atoms with van der Waals surface area (Å²) in [5, 5.41) is 0. The van der Waals surface area contributed by atoms with Crippen LogP contribution in [0.15, 0.2) is 0 Å². The molecule has 4 N–H and O–H groups in total. The fraction of sp³-hybridized carbons (Fsp3) is 1.00. The summed E-state index contributed by atoms with van der Waals surface area (Å²) in [4.78, 5) is 16.3. The minimum Gasteiger partial charge on any atom is -0.328 e. The molecular formula is C3H9FNO3P. The normalized spacial score (nSPS) is 15.6. The first-order valence-corrected chi connectivity index (χ1v) is 4.14. The zero-order chi connectivity index (χ0) is 7.49. The number of rotatable bonds is 3. The molecule has 4 nitrogen and oxygen atoms in total. The largest absolute Gasteiger partial charge is 0.328 e. The molecule has 0 fully saturated rings. The van der Waals surface area contributed by atoms with Gasteiger partial charge in [-0.1, -0.05) is 0 Å². The fourth-order valence-corrected chi connectivity index (χ4v) is 0.998. The molecule has 56 valence electrons. The second-order valence-electron chi connectivity index (χ2n) is 1.68. The Morgan fingerprint density at radius 1 is 1.67 bits per heavy atom. The first-order valence-electron chi connectivity index (χ1n) is 2.34. The number of alkyl halides is 1. The van der Waals surface area contributed by atoms with E-state index >= 15 is 0 Å². The van der Waals surface area contributed by atoms with Crippen LogP contribution in [0.1, 0.15) is 0 Å². The highest BCUT2D eigenvalue weighted by Crippen LogP contribution is 2.35. The highest BCUT2D eigenvalue weighted by atomic mass is 31.2. The molecule has 9 heavy (non-hydrogen) atoms.